The maximum Gasteiger partial charge on any atom is 0.416 e. The number of rotatable bonds is 6. The highest BCUT2D eigenvalue weighted by atomic mass is 19.4. The van der Waals surface area contributed by atoms with Crippen LogP contribution < -0.4 is 0 Å². The van der Waals surface area contributed by atoms with Gasteiger partial charge in [0.2, 0.25) is 5.95 Å². The van der Waals surface area contributed by atoms with Gasteiger partial charge in [-0.15, -0.1) is 0 Å². The lowest BCUT2D eigenvalue weighted by Gasteiger charge is -2.21. The number of fused-ring (bicyclic) bond motifs is 1. The number of carboxylic acid groups (broad SMARTS) is 1. The normalized spacial score (nSPS) is 14.5. The lowest BCUT2D eigenvalue weighted by atomic mass is 9.83. The Morgan fingerprint density at radius 3 is 2.39 bits per heavy atom. The van der Waals surface area contributed by atoms with Crippen LogP contribution in [0.2, 0.25) is 0 Å². The minimum absolute atomic E-state index is 0.00371. The van der Waals surface area contributed by atoms with Crippen molar-refractivity contribution in [3.63, 3.8) is 0 Å². The van der Waals surface area contributed by atoms with Crippen molar-refractivity contribution in [1.82, 2.24) is 10.2 Å². The van der Waals surface area contributed by atoms with E-state index in [4.69, 9.17) is 5.11 Å². The summed E-state index contributed by atoms with van der Waals surface area (Å²) < 4.78 is 57.1. The number of allylic oxidation sites excluding steroid dienone is 1. The number of halogens is 4. The van der Waals surface area contributed by atoms with Gasteiger partial charge in [-0.2, -0.15) is 27.9 Å². The van der Waals surface area contributed by atoms with Crippen LogP contribution >= 0.6 is 0 Å². The first-order valence-corrected chi connectivity index (χ1v) is 11.7. The topological polar surface area (TPSA) is 89.8 Å². The maximum atomic E-state index is 14.7. The number of alkyl halides is 3. The van der Waals surface area contributed by atoms with Crippen LogP contribution in [0.3, 0.4) is 0 Å². The molecule has 4 aromatic rings. The third-order valence-electron chi connectivity index (χ3n) is 6.45. The predicted octanol–water partition coefficient (Wildman–Crippen LogP) is 7.06. The number of aliphatic carboxylic acids is 1. The van der Waals surface area contributed by atoms with Crippen LogP contribution in [0.1, 0.15) is 46.2 Å². The van der Waals surface area contributed by atoms with E-state index in [0.29, 0.717) is 35.1 Å². The van der Waals surface area contributed by atoms with Crippen molar-refractivity contribution < 1.29 is 27.5 Å². The van der Waals surface area contributed by atoms with E-state index in [9.17, 15) is 27.6 Å². The highest BCUT2D eigenvalue weighted by Crippen LogP contribution is 2.51. The second kappa shape index (κ2) is 9.63. The first-order chi connectivity index (χ1) is 18.2. The van der Waals surface area contributed by atoms with E-state index in [2.05, 4.69) is 10.2 Å². The fourth-order valence-electron chi connectivity index (χ4n) is 4.68. The van der Waals surface area contributed by atoms with Crippen LogP contribution in [0.5, 0.6) is 0 Å². The summed E-state index contributed by atoms with van der Waals surface area (Å²) in [6.45, 7) is 0. The lowest BCUT2D eigenvalue weighted by Crippen LogP contribution is -2.10. The standard InChI is InChI=1S/C29H19F4N3O2/c30-28-27-21(15-34)19(12-13-23(27)35-36-28)25(17-8-5-16(6-9-17)7-14-24(37)38)26(18-10-11-18)20-3-1-2-4-22(20)29(31,32)33/h1-9,12-14,18H,10-11H2,(H,35,36)(H,37,38). The molecule has 5 rings (SSSR count). The molecule has 1 aliphatic carbocycles. The molecule has 38 heavy (non-hydrogen) atoms. The summed E-state index contributed by atoms with van der Waals surface area (Å²) >= 11 is 0. The predicted molar refractivity (Wildman–Crippen MR) is 134 cm³/mol. The minimum Gasteiger partial charge on any atom is -0.478 e. The molecule has 3 aromatic carbocycles. The van der Waals surface area contributed by atoms with E-state index in [1.165, 1.54) is 30.3 Å². The van der Waals surface area contributed by atoms with Crippen molar-refractivity contribution in [2.45, 2.75) is 19.0 Å². The largest absolute Gasteiger partial charge is 0.478 e. The van der Waals surface area contributed by atoms with Crippen molar-refractivity contribution in [3.8, 4) is 6.07 Å². The molecule has 1 fully saturated rings. The van der Waals surface area contributed by atoms with Gasteiger partial charge in [0.15, 0.2) is 0 Å². The molecule has 0 spiro atoms. The van der Waals surface area contributed by atoms with Gasteiger partial charge in [-0.3, -0.25) is 5.10 Å². The van der Waals surface area contributed by atoms with Gasteiger partial charge in [-0.25, -0.2) is 4.79 Å². The first kappa shape index (κ1) is 25.0. The Morgan fingerprint density at radius 2 is 1.76 bits per heavy atom. The Labute approximate surface area is 214 Å². The number of H-pyrrole nitrogens is 1. The molecule has 0 atom stereocenters. The number of nitrogens with zero attached hydrogens (tertiary/aromatic N) is 2. The third kappa shape index (κ3) is 4.68. The molecule has 1 heterocycles. The van der Waals surface area contributed by atoms with Crippen LogP contribution in [0.4, 0.5) is 17.6 Å². The number of nitriles is 1. The van der Waals surface area contributed by atoms with Crippen LogP contribution in [0, 0.1) is 23.2 Å². The quantitative estimate of drug-likeness (QED) is 0.163. The molecule has 1 saturated carbocycles. The highest BCUT2D eigenvalue weighted by molar-refractivity contribution is 6.04. The summed E-state index contributed by atoms with van der Waals surface area (Å²) in [5.41, 5.74) is 1.56. The smallest absolute Gasteiger partial charge is 0.416 e. The molecule has 0 radical (unpaired) electrons. The molecule has 0 saturated heterocycles. The van der Waals surface area contributed by atoms with Gasteiger partial charge in [-0.05, 0) is 64.8 Å². The van der Waals surface area contributed by atoms with Gasteiger partial charge in [0.1, 0.15) is 6.07 Å². The number of nitrogens with one attached hydrogen (secondary N) is 1. The summed E-state index contributed by atoms with van der Waals surface area (Å²) in [4.78, 5) is 10.9. The van der Waals surface area contributed by atoms with E-state index < -0.39 is 23.7 Å². The maximum absolute atomic E-state index is 14.7. The molecule has 0 bridgehead atoms. The fourth-order valence-corrected chi connectivity index (χ4v) is 4.68. The van der Waals surface area contributed by atoms with Crippen LogP contribution in [0.25, 0.3) is 28.1 Å². The summed E-state index contributed by atoms with van der Waals surface area (Å²) in [6, 6.07) is 17.0. The molecule has 0 unspecified atom stereocenters. The Kier molecular flexibility index (Phi) is 6.33. The number of aromatic nitrogens is 2. The fraction of sp³-hybridized carbons (Fsp3) is 0.138. The zero-order valence-electron chi connectivity index (χ0n) is 19.7. The first-order valence-electron chi connectivity index (χ1n) is 11.7. The molecule has 9 heteroatoms. The second-order valence-corrected chi connectivity index (χ2v) is 8.93. The lowest BCUT2D eigenvalue weighted by molar-refractivity contribution is -0.137. The molecule has 1 aromatic heterocycles. The van der Waals surface area contributed by atoms with Gasteiger partial charge in [0.25, 0.3) is 0 Å². The molecule has 2 N–H and O–H groups in total. The minimum atomic E-state index is -4.62. The summed E-state index contributed by atoms with van der Waals surface area (Å²) in [6.07, 6.45) is -0.927. The average Bonchev–Trinajstić information content (AvgIpc) is 3.67. The zero-order chi connectivity index (χ0) is 27.0. The molecule has 5 nitrogen and oxygen atoms in total. The van der Waals surface area contributed by atoms with Crippen molar-refractivity contribution in [3.05, 3.63) is 106 Å². The number of carboxylic acids is 1. The molecule has 190 valence electrons. The Morgan fingerprint density at radius 1 is 1.05 bits per heavy atom. The summed E-state index contributed by atoms with van der Waals surface area (Å²) in [5.74, 6) is -2.13. The molecule has 0 amide bonds. The van der Waals surface area contributed by atoms with E-state index >= 15 is 0 Å². The van der Waals surface area contributed by atoms with E-state index in [1.807, 2.05) is 6.07 Å². The zero-order valence-corrected chi connectivity index (χ0v) is 19.7. The number of carbonyl (C=O) groups is 1. The van der Waals surface area contributed by atoms with Gasteiger partial charge in [-0.1, -0.05) is 48.5 Å². The van der Waals surface area contributed by atoms with E-state index in [0.717, 1.165) is 12.1 Å². The van der Waals surface area contributed by atoms with Gasteiger partial charge in [0, 0.05) is 11.6 Å². The highest BCUT2D eigenvalue weighted by Gasteiger charge is 2.39. The van der Waals surface area contributed by atoms with E-state index in [1.54, 1.807) is 30.3 Å². The number of hydrogen-bond donors (Lipinski definition) is 2. The molecular weight excluding hydrogens is 498 g/mol. The number of hydrogen-bond acceptors (Lipinski definition) is 3. The van der Waals surface area contributed by atoms with Crippen molar-refractivity contribution in [2.24, 2.45) is 5.92 Å². The second-order valence-electron chi connectivity index (χ2n) is 8.93. The van der Waals surface area contributed by atoms with Crippen molar-refractivity contribution >= 4 is 34.1 Å². The Hall–Kier alpha value is -4.71. The van der Waals surface area contributed by atoms with Crippen molar-refractivity contribution in [2.75, 3.05) is 0 Å². The Bertz CT molecular complexity index is 1650. The van der Waals surface area contributed by atoms with Gasteiger partial charge >= 0.3 is 12.1 Å². The Balaban J connectivity index is 1.86. The summed E-state index contributed by atoms with van der Waals surface area (Å²) in [7, 11) is 0. The SMILES string of the molecule is N#Cc1c(C(=C(c2ccccc2C(F)(F)F)C2CC2)c2ccc(C=CC(=O)O)cc2)ccc2n[nH]c(F)c12. The monoisotopic (exact) mass is 517 g/mol. The van der Waals surface area contributed by atoms with E-state index in [-0.39, 0.29) is 33.5 Å². The molecule has 1 aliphatic rings. The van der Waals surface area contributed by atoms with Gasteiger partial charge in [0.05, 0.1) is 22.0 Å². The summed E-state index contributed by atoms with van der Waals surface area (Å²) in [5, 5.41) is 25.1. The van der Waals surface area contributed by atoms with Crippen LogP contribution in [-0.2, 0) is 11.0 Å². The third-order valence-corrected chi connectivity index (χ3v) is 6.45. The average molecular weight is 517 g/mol. The van der Waals surface area contributed by atoms with Crippen molar-refractivity contribution in [1.29, 1.82) is 5.26 Å². The molecule has 0 aliphatic heterocycles. The van der Waals surface area contributed by atoms with Crippen LogP contribution in [-0.4, -0.2) is 21.3 Å². The number of benzene rings is 3. The number of aromatic amines is 1. The van der Waals surface area contributed by atoms with Crippen LogP contribution in [0.15, 0.2) is 66.7 Å². The van der Waals surface area contributed by atoms with Gasteiger partial charge < -0.3 is 5.11 Å². The molecular formula is C29H19F4N3O2.